The molecule has 0 atom stereocenters. The van der Waals surface area contributed by atoms with Crippen molar-refractivity contribution < 1.29 is 9.47 Å². The van der Waals surface area contributed by atoms with E-state index in [2.05, 4.69) is 11.6 Å². The second kappa shape index (κ2) is 11.3. The summed E-state index contributed by atoms with van der Waals surface area (Å²) in [6.07, 6.45) is 3.01. The van der Waals surface area contributed by atoms with E-state index >= 15 is 0 Å². The van der Waals surface area contributed by atoms with Crippen molar-refractivity contribution in [1.82, 2.24) is 5.32 Å². The van der Waals surface area contributed by atoms with Crippen LogP contribution < -0.4 is 5.32 Å². The lowest BCUT2D eigenvalue weighted by atomic mass is 10.4. The summed E-state index contributed by atoms with van der Waals surface area (Å²) < 4.78 is 10.8. The smallest absolute Gasteiger partial charge is 0.158 e. The summed E-state index contributed by atoms with van der Waals surface area (Å²) in [5.41, 5.74) is 0. The van der Waals surface area contributed by atoms with Crippen molar-refractivity contribution in [1.29, 1.82) is 0 Å². The van der Waals surface area contributed by atoms with Crippen LogP contribution in [0.2, 0.25) is 0 Å². The van der Waals surface area contributed by atoms with Crippen molar-refractivity contribution in [2.75, 3.05) is 38.3 Å². The molecule has 1 N–H and O–H groups in total. The Balaban J connectivity index is 3.30. The molecule has 0 saturated heterocycles. The minimum absolute atomic E-state index is 0.0354. The van der Waals surface area contributed by atoms with E-state index in [1.807, 2.05) is 25.6 Å². The van der Waals surface area contributed by atoms with E-state index in [9.17, 15) is 0 Å². The number of thioether (sulfide) groups is 1. The fraction of sp³-hybridized carbons (Fsp3) is 1.00. The van der Waals surface area contributed by atoms with Crippen LogP contribution in [-0.2, 0) is 9.47 Å². The van der Waals surface area contributed by atoms with Crippen LogP contribution in [0.1, 0.15) is 20.3 Å². The number of ether oxygens (including phenoxy) is 2. The Morgan fingerprint density at radius 3 is 2.29 bits per heavy atom. The average molecular weight is 221 g/mol. The molecule has 0 bridgehead atoms. The van der Waals surface area contributed by atoms with Gasteiger partial charge < -0.3 is 14.8 Å². The van der Waals surface area contributed by atoms with E-state index in [1.54, 1.807) is 0 Å². The normalized spacial score (nSPS) is 11.1. The molecule has 0 fully saturated rings. The molecule has 0 aromatic heterocycles. The van der Waals surface area contributed by atoms with Gasteiger partial charge in [0.1, 0.15) is 0 Å². The van der Waals surface area contributed by atoms with Gasteiger partial charge in [0, 0.05) is 31.9 Å². The first-order valence-corrected chi connectivity index (χ1v) is 6.67. The summed E-state index contributed by atoms with van der Waals surface area (Å²) >= 11 is 1.86. The quantitative estimate of drug-likeness (QED) is 0.449. The first-order chi connectivity index (χ1) is 6.85. The molecule has 0 saturated carbocycles. The average Bonchev–Trinajstić information content (AvgIpc) is 2.18. The fourth-order valence-electron chi connectivity index (χ4n) is 1.11. The Morgan fingerprint density at radius 1 is 1.14 bits per heavy atom. The maximum atomic E-state index is 5.42. The SMILES string of the molecule is CCOC(CCNCCSC)OCC. The van der Waals surface area contributed by atoms with Crippen LogP contribution in [0.3, 0.4) is 0 Å². The van der Waals surface area contributed by atoms with Crippen LogP contribution in [0.25, 0.3) is 0 Å². The minimum atomic E-state index is -0.0354. The van der Waals surface area contributed by atoms with Crippen LogP contribution in [0, 0.1) is 0 Å². The lowest BCUT2D eigenvalue weighted by Crippen LogP contribution is -2.26. The first kappa shape index (κ1) is 14.2. The van der Waals surface area contributed by atoms with Crippen molar-refractivity contribution in [3.05, 3.63) is 0 Å². The van der Waals surface area contributed by atoms with Gasteiger partial charge in [-0.05, 0) is 26.6 Å². The molecule has 0 unspecified atom stereocenters. The van der Waals surface area contributed by atoms with Gasteiger partial charge in [0.2, 0.25) is 0 Å². The number of rotatable bonds is 10. The molecule has 0 heterocycles. The fourth-order valence-corrected chi connectivity index (χ4v) is 1.45. The molecule has 14 heavy (non-hydrogen) atoms. The molecule has 0 radical (unpaired) electrons. The molecular formula is C10H23NO2S. The van der Waals surface area contributed by atoms with Crippen LogP contribution in [0.15, 0.2) is 0 Å². The predicted octanol–water partition coefficient (Wildman–Crippen LogP) is 1.73. The Bertz CT molecular complexity index is 108. The maximum Gasteiger partial charge on any atom is 0.158 e. The third-order valence-corrected chi connectivity index (χ3v) is 2.36. The Morgan fingerprint density at radius 2 is 1.79 bits per heavy atom. The Kier molecular flexibility index (Phi) is 11.5. The monoisotopic (exact) mass is 221 g/mol. The second-order valence-electron chi connectivity index (χ2n) is 2.87. The molecule has 0 aromatic carbocycles. The van der Waals surface area contributed by atoms with Gasteiger partial charge >= 0.3 is 0 Å². The highest BCUT2D eigenvalue weighted by Crippen LogP contribution is 1.99. The molecule has 0 rings (SSSR count). The van der Waals surface area contributed by atoms with Gasteiger partial charge in [0.25, 0.3) is 0 Å². The second-order valence-corrected chi connectivity index (χ2v) is 3.86. The lowest BCUT2D eigenvalue weighted by molar-refractivity contribution is -0.138. The summed E-state index contributed by atoms with van der Waals surface area (Å²) in [6, 6.07) is 0. The highest BCUT2D eigenvalue weighted by atomic mass is 32.2. The molecule has 0 aliphatic rings. The Labute approximate surface area is 91.9 Å². The van der Waals surface area contributed by atoms with E-state index in [-0.39, 0.29) is 6.29 Å². The predicted molar refractivity (Wildman–Crippen MR) is 62.9 cm³/mol. The van der Waals surface area contributed by atoms with Crippen molar-refractivity contribution in [2.24, 2.45) is 0 Å². The number of hydrogen-bond acceptors (Lipinski definition) is 4. The van der Waals surface area contributed by atoms with Crippen molar-refractivity contribution in [3.63, 3.8) is 0 Å². The van der Waals surface area contributed by atoms with Crippen molar-refractivity contribution >= 4 is 11.8 Å². The zero-order chi connectivity index (χ0) is 10.6. The van der Waals surface area contributed by atoms with E-state index in [4.69, 9.17) is 9.47 Å². The highest BCUT2D eigenvalue weighted by molar-refractivity contribution is 7.98. The molecule has 0 amide bonds. The molecule has 4 heteroatoms. The highest BCUT2D eigenvalue weighted by Gasteiger charge is 2.06. The van der Waals surface area contributed by atoms with E-state index < -0.39 is 0 Å². The summed E-state index contributed by atoms with van der Waals surface area (Å²) in [5, 5.41) is 3.35. The topological polar surface area (TPSA) is 30.5 Å². The zero-order valence-corrected chi connectivity index (χ0v) is 10.4. The third kappa shape index (κ3) is 8.81. The maximum absolute atomic E-state index is 5.42. The molecule has 86 valence electrons. The molecule has 0 aliphatic heterocycles. The summed E-state index contributed by atoms with van der Waals surface area (Å²) in [4.78, 5) is 0. The minimum Gasteiger partial charge on any atom is -0.353 e. The van der Waals surface area contributed by atoms with Crippen molar-refractivity contribution in [2.45, 2.75) is 26.6 Å². The first-order valence-electron chi connectivity index (χ1n) is 5.28. The third-order valence-electron chi connectivity index (χ3n) is 1.74. The van der Waals surface area contributed by atoms with Gasteiger partial charge in [-0.1, -0.05) is 0 Å². The van der Waals surface area contributed by atoms with Gasteiger partial charge in [-0.25, -0.2) is 0 Å². The van der Waals surface area contributed by atoms with E-state index in [1.165, 1.54) is 0 Å². The number of nitrogens with one attached hydrogen (secondary N) is 1. The van der Waals surface area contributed by atoms with Crippen LogP contribution in [0.4, 0.5) is 0 Å². The summed E-state index contributed by atoms with van der Waals surface area (Å²) in [7, 11) is 0. The summed E-state index contributed by atoms with van der Waals surface area (Å²) in [5.74, 6) is 1.16. The van der Waals surface area contributed by atoms with E-state index in [0.717, 1.165) is 38.5 Å². The zero-order valence-electron chi connectivity index (χ0n) is 9.54. The lowest BCUT2D eigenvalue weighted by Gasteiger charge is -2.16. The molecule has 0 spiro atoms. The van der Waals surface area contributed by atoms with Crippen LogP contribution in [-0.4, -0.2) is 44.6 Å². The Hall–Kier alpha value is 0.230. The number of hydrogen-bond donors (Lipinski definition) is 1. The molecular weight excluding hydrogens is 198 g/mol. The van der Waals surface area contributed by atoms with Crippen LogP contribution in [0.5, 0.6) is 0 Å². The van der Waals surface area contributed by atoms with Gasteiger partial charge in [-0.3, -0.25) is 0 Å². The largest absolute Gasteiger partial charge is 0.353 e. The van der Waals surface area contributed by atoms with E-state index in [0.29, 0.717) is 0 Å². The molecule has 0 aromatic rings. The van der Waals surface area contributed by atoms with Crippen molar-refractivity contribution in [3.8, 4) is 0 Å². The van der Waals surface area contributed by atoms with Gasteiger partial charge in [-0.2, -0.15) is 11.8 Å². The summed E-state index contributed by atoms with van der Waals surface area (Å²) in [6.45, 7) is 7.45. The molecule has 3 nitrogen and oxygen atoms in total. The standard InChI is InChI=1S/C10H23NO2S/c1-4-12-10(13-5-2)6-7-11-8-9-14-3/h10-11H,4-9H2,1-3H3. The van der Waals surface area contributed by atoms with Crippen LogP contribution >= 0.6 is 11.8 Å². The van der Waals surface area contributed by atoms with Gasteiger partial charge in [0.05, 0.1) is 0 Å². The van der Waals surface area contributed by atoms with Gasteiger partial charge in [0.15, 0.2) is 6.29 Å². The van der Waals surface area contributed by atoms with Gasteiger partial charge in [-0.15, -0.1) is 0 Å². The molecule has 0 aliphatic carbocycles.